The summed E-state index contributed by atoms with van der Waals surface area (Å²) in [5.41, 5.74) is 22.5. The van der Waals surface area contributed by atoms with Crippen molar-refractivity contribution >= 4 is 0 Å². The van der Waals surface area contributed by atoms with Crippen LogP contribution >= 0.6 is 0 Å². The zero-order valence-electron chi connectivity index (χ0n) is 8.58. The molecule has 0 saturated heterocycles. The van der Waals surface area contributed by atoms with E-state index in [-0.39, 0.29) is 12.1 Å². The molecule has 4 heteroatoms. The van der Waals surface area contributed by atoms with Crippen molar-refractivity contribution in [2.24, 2.45) is 28.9 Å². The molecule has 3 unspecified atom stereocenters. The summed E-state index contributed by atoms with van der Waals surface area (Å²) in [6.07, 6.45) is 2.92. The second-order valence-electron chi connectivity index (χ2n) is 3.80. The molecule has 0 saturated carbocycles. The lowest BCUT2D eigenvalue weighted by molar-refractivity contribution is 0.376. The quantitative estimate of drug-likeness (QED) is 0.427. The van der Waals surface area contributed by atoms with Gasteiger partial charge in [0.05, 0.1) is 0 Å². The number of hydrogen-bond acceptors (Lipinski definition) is 4. The third-order valence-electron chi connectivity index (χ3n) is 2.47. The van der Waals surface area contributed by atoms with Crippen molar-refractivity contribution in [3.63, 3.8) is 0 Å². The molecule has 0 aliphatic carbocycles. The molecule has 80 valence electrons. The monoisotopic (exact) mass is 188 g/mol. The SMILES string of the molecule is CC(CCCN)C(N)CC(N)CN. The minimum Gasteiger partial charge on any atom is -0.330 e. The Hall–Kier alpha value is -0.160. The van der Waals surface area contributed by atoms with E-state index in [1.165, 1.54) is 0 Å². The van der Waals surface area contributed by atoms with Gasteiger partial charge in [-0.2, -0.15) is 0 Å². The first-order valence-electron chi connectivity index (χ1n) is 5.03. The first-order chi connectivity index (χ1) is 6.11. The summed E-state index contributed by atoms with van der Waals surface area (Å²) in [6, 6.07) is 0.195. The van der Waals surface area contributed by atoms with Crippen LogP contribution in [-0.4, -0.2) is 25.2 Å². The van der Waals surface area contributed by atoms with Gasteiger partial charge in [-0.25, -0.2) is 0 Å². The summed E-state index contributed by atoms with van der Waals surface area (Å²) in [7, 11) is 0. The van der Waals surface area contributed by atoms with Gasteiger partial charge in [-0.1, -0.05) is 6.92 Å². The van der Waals surface area contributed by atoms with E-state index in [0.717, 1.165) is 25.8 Å². The van der Waals surface area contributed by atoms with Gasteiger partial charge >= 0.3 is 0 Å². The van der Waals surface area contributed by atoms with Gasteiger partial charge in [0.1, 0.15) is 0 Å². The van der Waals surface area contributed by atoms with E-state index in [4.69, 9.17) is 22.9 Å². The van der Waals surface area contributed by atoms with Crippen LogP contribution in [0, 0.1) is 5.92 Å². The van der Waals surface area contributed by atoms with Crippen molar-refractivity contribution in [1.29, 1.82) is 0 Å². The molecular weight excluding hydrogens is 164 g/mol. The van der Waals surface area contributed by atoms with Crippen LogP contribution in [0.25, 0.3) is 0 Å². The molecule has 0 aliphatic heterocycles. The molecule has 0 radical (unpaired) electrons. The number of rotatable bonds is 7. The van der Waals surface area contributed by atoms with Crippen LogP contribution in [0.1, 0.15) is 26.2 Å². The third-order valence-corrected chi connectivity index (χ3v) is 2.47. The summed E-state index contributed by atoms with van der Waals surface area (Å²) >= 11 is 0. The maximum atomic E-state index is 5.96. The predicted molar refractivity (Wildman–Crippen MR) is 57.1 cm³/mol. The average Bonchev–Trinajstić information content (AvgIpc) is 2.13. The first kappa shape index (κ1) is 12.8. The fraction of sp³-hybridized carbons (Fsp3) is 1.00. The summed E-state index contributed by atoms with van der Waals surface area (Å²) in [4.78, 5) is 0. The Labute approximate surface area is 81.0 Å². The molecule has 0 bridgehead atoms. The Morgan fingerprint density at radius 2 is 1.77 bits per heavy atom. The van der Waals surface area contributed by atoms with E-state index in [1.54, 1.807) is 0 Å². The molecule has 0 heterocycles. The van der Waals surface area contributed by atoms with Gasteiger partial charge in [0.2, 0.25) is 0 Å². The van der Waals surface area contributed by atoms with Crippen LogP contribution in [0.5, 0.6) is 0 Å². The molecule has 0 aliphatic rings. The highest BCUT2D eigenvalue weighted by Crippen LogP contribution is 2.11. The number of hydrogen-bond donors (Lipinski definition) is 4. The molecule has 0 spiro atoms. The third kappa shape index (κ3) is 5.99. The van der Waals surface area contributed by atoms with Crippen molar-refractivity contribution in [2.75, 3.05) is 13.1 Å². The first-order valence-corrected chi connectivity index (χ1v) is 5.03. The molecule has 8 N–H and O–H groups in total. The topological polar surface area (TPSA) is 104 Å². The van der Waals surface area contributed by atoms with E-state index < -0.39 is 0 Å². The smallest absolute Gasteiger partial charge is 0.0177 e. The van der Waals surface area contributed by atoms with E-state index in [0.29, 0.717) is 12.5 Å². The summed E-state index contributed by atoms with van der Waals surface area (Å²) in [6.45, 7) is 3.39. The van der Waals surface area contributed by atoms with Crippen molar-refractivity contribution in [3.05, 3.63) is 0 Å². The van der Waals surface area contributed by atoms with Gasteiger partial charge in [0, 0.05) is 18.6 Å². The largest absolute Gasteiger partial charge is 0.330 e. The maximum absolute atomic E-state index is 5.96. The van der Waals surface area contributed by atoms with Crippen molar-refractivity contribution in [1.82, 2.24) is 0 Å². The van der Waals surface area contributed by atoms with E-state index in [9.17, 15) is 0 Å². The second-order valence-corrected chi connectivity index (χ2v) is 3.80. The van der Waals surface area contributed by atoms with Gasteiger partial charge in [-0.05, 0) is 31.7 Å². The maximum Gasteiger partial charge on any atom is 0.0177 e. The Balaban J connectivity index is 3.61. The molecule has 0 aromatic rings. The van der Waals surface area contributed by atoms with Crippen molar-refractivity contribution in [3.8, 4) is 0 Å². The van der Waals surface area contributed by atoms with Crippen LogP contribution in [0.4, 0.5) is 0 Å². The van der Waals surface area contributed by atoms with E-state index >= 15 is 0 Å². The second kappa shape index (κ2) is 7.26. The molecule has 13 heavy (non-hydrogen) atoms. The van der Waals surface area contributed by atoms with Crippen LogP contribution < -0.4 is 22.9 Å². The average molecular weight is 188 g/mol. The molecule has 0 amide bonds. The Bertz CT molecular complexity index is 118. The Morgan fingerprint density at radius 1 is 1.15 bits per heavy atom. The van der Waals surface area contributed by atoms with E-state index in [2.05, 4.69) is 6.92 Å². The van der Waals surface area contributed by atoms with Gasteiger partial charge in [0.15, 0.2) is 0 Å². The highest BCUT2D eigenvalue weighted by Gasteiger charge is 2.14. The molecule has 3 atom stereocenters. The zero-order chi connectivity index (χ0) is 10.3. The normalized spacial score (nSPS) is 18.2. The molecule has 0 aromatic heterocycles. The highest BCUT2D eigenvalue weighted by atomic mass is 14.7. The fourth-order valence-electron chi connectivity index (χ4n) is 1.33. The van der Waals surface area contributed by atoms with Gasteiger partial charge in [-0.3, -0.25) is 0 Å². The summed E-state index contributed by atoms with van der Waals surface area (Å²) in [5, 5.41) is 0. The molecule has 4 nitrogen and oxygen atoms in total. The Morgan fingerprint density at radius 3 is 2.23 bits per heavy atom. The van der Waals surface area contributed by atoms with Crippen molar-refractivity contribution in [2.45, 2.75) is 38.3 Å². The van der Waals surface area contributed by atoms with Crippen LogP contribution in [0.2, 0.25) is 0 Å². The van der Waals surface area contributed by atoms with Crippen LogP contribution in [-0.2, 0) is 0 Å². The lowest BCUT2D eigenvalue weighted by Gasteiger charge is -2.22. The lowest BCUT2D eigenvalue weighted by atomic mass is 9.92. The van der Waals surface area contributed by atoms with Crippen molar-refractivity contribution < 1.29 is 0 Å². The lowest BCUT2D eigenvalue weighted by Crippen LogP contribution is -2.39. The summed E-state index contributed by atoms with van der Waals surface area (Å²) < 4.78 is 0. The van der Waals surface area contributed by atoms with E-state index in [1.807, 2.05) is 0 Å². The van der Waals surface area contributed by atoms with Gasteiger partial charge < -0.3 is 22.9 Å². The van der Waals surface area contributed by atoms with Crippen LogP contribution in [0.15, 0.2) is 0 Å². The minimum absolute atomic E-state index is 0.0373. The molecule has 0 rings (SSSR count). The molecular formula is C9H24N4. The minimum atomic E-state index is 0.0373. The Kier molecular flexibility index (Phi) is 7.17. The highest BCUT2D eigenvalue weighted by molar-refractivity contribution is 4.75. The molecule has 0 aromatic carbocycles. The predicted octanol–water partition coefficient (Wildman–Crippen LogP) is -0.635. The summed E-state index contributed by atoms with van der Waals surface area (Å²) in [5.74, 6) is 0.487. The van der Waals surface area contributed by atoms with Gasteiger partial charge in [0.25, 0.3) is 0 Å². The van der Waals surface area contributed by atoms with Gasteiger partial charge in [-0.15, -0.1) is 0 Å². The molecule has 0 fully saturated rings. The fourth-order valence-corrected chi connectivity index (χ4v) is 1.33. The number of nitrogens with two attached hydrogens (primary N) is 4. The standard InChI is InChI=1S/C9H24N4/c1-7(3-2-4-10)9(13)5-8(12)6-11/h7-9H,2-6,10-13H2,1H3. The van der Waals surface area contributed by atoms with Crippen LogP contribution in [0.3, 0.4) is 0 Å². The zero-order valence-corrected chi connectivity index (χ0v) is 8.58.